The lowest BCUT2D eigenvalue weighted by atomic mass is 10.1. The SMILES string of the molecule is CCOC(=O)c1sc2nc(/C=C/c3cccc(NC(=O)c4ccc(OC)cc4)c3)[nH]c(=O)c2c1C. The average molecular weight is 490 g/mol. The fourth-order valence-electron chi connectivity index (χ4n) is 3.47. The third-order valence-corrected chi connectivity index (χ3v) is 6.38. The van der Waals surface area contributed by atoms with E-state index in [9.17, 15) is 14.4 Å². The number of esters is 1. The monoisotopic (exact) mass is 489 g/mol. The number of hydrogen-bond donors (Lipinski definition) is 2. The van der Waals surface area contributed by atoms with E-state index < -0.39 is 5.97 Å². The van der Waals surface area contributed by atoms with Crippen LogP contribution in [0.5, 0.6) is 5.75 Å². The first-order valence-electron chi connectivity index (χ1n) is 10.8. The zero-order chi connectivity index (χ0) is 24.9. The maximum Gasteiger partial charge on any atom is 0.348 e. The molecule has 35 heavy (non-hydrogen) atoms. The van der Waals surface area contributed by atoms with Crippen LogP contribution in [0.1, 0.15) is 43.9 Å². The van der Waals surface area contributed by atoms with Crippen LogP contribution in [0, 0.1) is 6.92 Å². The van der Waals surface area contributed by atoms with Gasteiger partial charge in [-0.3, -0.25) is 9.59 Å². The van der Waals surface area contributed by atoms with E-state index in [1.165, 1.54) is 0 Å². The van der Waals surface area contributed by atoms with E-state index in [-0.39, 0.29) is 18.1 Å². The summed E-state index contributed by atoms with van der Waals surface area (Å²) in [5.74, 6) is 0.328. The molecule has 0 atom stereocenters. The molecule has 0 aliphatic carbocycles. The van der Waals surface area contributed by atoms with E-state index >= 15 is 0 Å². The van der Waals surface area contributed by atoms with E-state index in [1.807, 2.05) is 18.2 Å². The summed E-state index contributed by atoms with van der Waals surface area (Å²) >= 11 is 1.14. The second-order valence-corrected chi connectivity index (χ2v) is 8.55. The molecular formula is C26H23N3O5S. The van der Waals surface area contributed by atoms with Gasteiger partial charge in [0.2, 0.25) is 0 Å². The van der Waals surface area contributed by atoms with Gasteiger partial charge in [-0.25, -0.2) is 9.78 Å². The Hall–Kier alpha value is -4.24. The summed E-state index contributed by atoms with van der Waals surface area (Å²) in [6, 6.07) is 14.1. The number of nitrogens with one attached hydrogen (secondary N) is 2. The van der Waals surface area contributed by atoms with Gasteiger partial charge in [0, 0.05) is 11.3 Å². The summed E-state index contributed by atoms with van der Waals surface area (Å²) in [7, 11) is 1.57. The van der Waals surface area contributed by atoms with Crippen LogP contribution in [-0.2, 0) is 4.74 Å². The maximum absolute atomic E-state index is 12.6. The molecule has 4 aromatic rings. The van der Waals surface area contributed by atoms with Crippen LogP contribution < -0.4 is 15.6 Å². The first-order chi connectivity index (χ1) is 16.9. The fourth-order valence-corrected chi connectivity index (χ4v) is 4.55. The van der Waals surface area contributed by atoms with Gasteiger partial charge in [-0.05, 0) is 67.4 Å². The van der Waals surface area contributed by atoms with Gasteiger partial charge >= 0.3 is 5.97 Å². The number of aromatic amines is 1. The molecule has 0 saturated carbocycles. The Kier molecular flexibility index (Phi) is 7.07. The second kappa shape index (κ2) is 10.4. The Morgan fingerprint density at radius 3 is 2.63 bits per heavy atom. The number of aryl methyl sites for hydroxylation is 1. The van der Waals surface area contributed by atoms with Gasteiger partial charge in [-0.15, -0.1) is 11.3 Å². The number of methoxy groups -OCH3 is 1. The first-order valence-corrected chi connectivity index (χ1v) is 11.7. The van der Waals surface area contributed by atoms with Gasteiger partial charge in [-0.1, -0.05) is 18.2 Å². The minimum atomic E-state index is -0.460. The van der Waals surface area contributed by atoms with Crippen LogP contribution >= 0.6 is 11.3 Å². The number of carbonyl (C=O) groups is 2. The topological polar surface area (TPSA) is 110 Å². The molecule has 0 aliphatic rings. The molecule has 178 valence electrons. The lowest BCUT2D eigenvalue weighted by molar-refractivity contribution is 0.0531. The summed E-state index contributed by atoms with van der Waals surface area (Å²) in [6.07, 6.45) is 3.45. The zero-order valence-electron chi connectivity index (χ0n) is 19.4. The summed E-state index contributed by atoms with van der Waals surface area (Å²) in [6.45, 7) is 3.70. The molecule has 0 radical (unpaired) electrons. The normalized spacial score (nSPS) is 11.1. The van der Waals surface area contributed by atoms with E-state index in [2.05, 4.69) is 15.3 Å². The number of carbonyl (C=O) groups excluding carboxylic acids is 2. The van der Waals surface area contributed by atoms with E-state index in [0.717, 1.165) is 16.9 Å². The lowest BCUT2D eigenvalue weighted by Crippen LogP contribution is -2.11. The van der Waals surface area contributed by atoms with Gasteiger partial charge < -0.3 is 19.8 Å². The maximum atomic E-state index is 12.6. The first kappa shape index (κ1) is 23.9. The number of benzene rings is 2. The highest BCUT2D eigenvalue weighted by atomic mass is 32.1. The molecule has 2 aromatic heterocycles. The molecule has 9 heteroatoms. The molecule has 8 nitrogen and oxygen atoms in total. The number of anilines is 1. The zero-order valence-corrected chi connectivity index (χ0v) is 20.2. The smallest absolute Gasteiger partial charge is 0.348 e. The van der Waals surface area contributed by atoms with Crippen molar-refractivity contribution < 1.29 is 19.1 Å². The van der Waals surface area contributed by atoms with Crippen molar-refractivity contribution in [2.75, 3.05) is 19.0 Å². The van der Waals surface area contributed by atoms with Crippen molar-refractivity contribution in [1.82, 2.24) is 9.97 Å². The number of H-pyrrole nitrogens is 1. The molecule has 0 bridgehead atoms. The van der Waals surface area contributed by atoms with Crippen molar-refractivity contribution >= 4 is 51.3 Å². The molecule has 4 rings (SSSR count). The van der Waals surface area contributed by atoms with E-state index in [4.69, 9.17) is 9.47 Å². The Morgan fingerprint density at radius 1 is 1.14 bits per heavy atom. The van der Waals surface area contributed by atoms with Crippen molar-refractivity contribution in [2.45, 2.75) is 13.8 Å². The molecular weight excluding hydrogens is 466 g/mol. The van der Waals surface area contributed by atoms with Crippen molar-refractivity contribution in [3.05, 3.63) is 86.3 Å². The van der Waals surface area contributed by atoms with Crippen molar-refractivity contribution in [3.8, 4) is 5.75 Å². The average Bonchev–Trinajstić information content (AvgIpc) is 3.20. The van der Waals surface area contributed by atoms with Gasteiger partial charge in [0.25, 0.3) is 11.5 Å². The number of ether oxygens (including phenoxy) is 2. The van der Waals surface area contributed by atoms with E-state index in [0.29, 0.717) is 43.5 Å². The van der Waals surface area contributed by atoms with Gasteiger partial charge in [-0.2, -0.15) is 0 Å². The highest BCUT2D eigenvalue weighted by molar-refractivity contribution is 7.20. The highest BCUT2D eigenvalue weighted by Gasteiger charge is 2.19. The summed E-state index contributed by atoms with van der Waals surface area (Å²) in [5.41, 5.74) is 2.18. The minimum Gasteiger partial charge on any atom is -0.497 e. The molecule has 1 amide bonds. The highest BCUT2D eigenvalue weighted by Crippen LogP contribution is 2.28. The third-order valence-electron chi connectivity index (χ3n) is 5.21. The van der Waals surface area contributed by atoms with Crippen LogP contribution in [-0.4, -0.2) is 35.6 Å². The lowest BCUT2D eigenvalue weighted by Gasteiger charge is -2.07. The summed E-state index contributed by atoms with van der Waals surface area (Å²) < 4.78 is 10.2. The van der Waals surface area contributed by atoms with Crippen LogP contribution in [0.2, 0.25) is 0 Å². The quantitative estimate of drug-likeness (QED) is 0.357. The third kappa shape index (κ3) is 5.30. The molecule has 0 spiro atoms. The number of amides is 1. The van der Waals surface area contributed by atoms with Gasteiger partial charge in [0.15, 0.2) is 0 Å². The molecule has 0 fully saturated rings. The number of aromatic nitrogens is 2. The number of hydrogen-bond acceptors (Lipinski definition) is 7. The fraction of sp³-hybridized carbons (Fsp3) is 0.154. The van der Waals surface area contributed by atoms with E-state index in [1.54, 1.807) is 63.4 Å². The van der Waals surface area contributed by atoms with Gasteiger partial charge in [0.05, 0.1) is 19.1 Å². The van der Waals surface area contributed by atoms with Crippen LogP contribution in [0.4, 0.5) is 5.69 Å². The van der Waals surface area contributed by atoms with Crippen LogP contribution in [0.25, 0.3) is 22.4 Å². The second-order valence-electron chi connectivity index (χ2n) is 7.55. The largest absolute Gasteiger partial charge is 0.497 e. The Labute approximate surface area is 205 Å². The number of nitrogens with zero attached hydrogens (tertiary/aromatic N) is 1. The molecule has 0 unspecified atom stereocenters. The molecule has 2 N–H and O–H groups in total. The molecule has 2 aromatic carbocycles. The minimum absolute atomic E-state index is 0.240. The Balaban J connectivity index is 1.54. The number of fused-ring (bicyclic) bond motifs is 1. The van der Waals surface area contributed by atoms with Crippen LogP contribution in [0.15, 0.2) is 53.3 Å². The standard InChI is InChI=1S/C26H23N3O5S/c1-4-34-26(32)22-15(2)21-24(31)28-20(29-25(21)35-22)13-8-16-6-5-7-18(14-16)27-23(30)17-9-11-19(33-3)12-10-17/h5-14H,4H2,1-3H3,(H,27,30)(H,28,29,31)/b13-8+. The number of rotatable bonds is 7. The van der Waals surface area contributed by atoms with Crippen molar-refractivity contribution in [1.29, 1.82) is 0 Å². The molecule has 0 aliphatic heterocycles. The molecule has 0 saturated heterocycles. The van der Waals surface area contributed by atoms with Crippen LogP contribution in [0.3, 0.4) is 0 Å². The predicted molar refractivity (Wildman–Crippen MR) is 137 cm³/mol. The summed E-state index contributed by atoms with van der Waals surface area (Å²) in [5, 5.41) is 3.26. The van der Waals surface area contributed by atoms with Crippen molar-refractivity contribution in [2.24, 2.45) is 0 Å². The Bertz CT molecular complexity index is 1490. The molecule has 2 heterocycles. The number of thiophene rings is 1. The predicted octanol–water partition coefficient (Wildman–Crippen LogP) is 4.90. The van der Waals surface area contributed by atoms with Gasteiger partial charge in [0.1, 0.15) is 21.3 Å². The van der Waals surface area contributed by atoms with Crippen molar-refractivity contribution in [3.63, 3.8) is 0 Å². The Morgan fingerprint density at radius 2 is 1.91 bits per heavy atom. The summed E-state index contributed by atoms with van der Waals surface area (Å²) in [4.78, 5) is 45.4.